The van der Waals surface area contributed by atoms with E-state index in [-0.39, 0.29) is 0 Å². The number of aryl methyl sites for hydroxylation is 2. The monoisotopic (exact) mass is 281 g/mol. The molecule has 0 aromatic heterocycles. The van der Waals surface area contributed by atoms with Crippen molar-refractivity contribution in [1.82, 2.24) is 0 Å². The van der Waals surface area contributed by atoms with Crippen LogP contribution in [0.5, 0.6) is 11.5 Å². The molecule has 21 heavy (non-hydrogen) atoms. The van der Waals surface area contributed by atoms with Gasteiger partial charge >= 0.3 is 0 Å². The smallest absolute Gasteiger partial charge is 0.125 e. The van der Waals surface area contributed by atoms with Gasteiger partial charge in [-0.2, -0.15) is 5.26 Å². The molecule has 0 atom stereocenters. The number of nitriles is 1. The van der Waals surface area contributed by atoms with Crippen LogP contribution >= 0.6 is 0 Å². The molecular formula is C18H19NO2. The molecule has 3 nitrogen and oxygen atoms in total. The van der Waals surface area contributed by atoms with Crippen molar-refractivity contribution in [2.45, 2.75) is 20.8 Å². The van der Waals surface area contributed by atoms with Crippen LogP contribution in [0.15, 0.2) is 36.4 Å². The lowest BCUT2D eigenvalue weighted by molar-refractivity contribution is 0.215. The molecule has 0 unspecified atom stereocenters. The van der Waals surface area contributed by atoms with Gasteiger partial charge in [0, 0.05) is 0 Å². The van der Waals surface area contributed by atoms with Gasteiger partial charge in [-0.25, -0.2) is 0 Å². The highest BCUT2D eigenvalue weighted by atomic mass is 16.5. The van der Waals surface area contributed by atoms with Gasteiger partial charge in [-0.1, -0.05) is 12.1 Å². The van der Waals surface area contributed by atoms with Gasteiger partial charge < -0.3 is 9.47 Å². The molecule has 2 aromatic carbocycles. The first-order valence-corrected chi connectivity index (χ1v) is 6.94. The maximum Gasteiger partial charge on any atom is 0.125 e. The van der Waals surface area contributed by atoms with Crippen LogP contribution in [0.2, 0.25) is 0 Å². The number of hydrogen-bond acceptors (Lipinski definition) is 3. The molecule has 0 radical (unpaired) electrons. The van der Waals surface area contributed by atoms with Gasteiger partial charge in [0.05, 0.1) is 11.6 Å². The van der Waals surface area contributed by atoms with Gasteiger partial charge in [0.2, 0.25) is 0 Å². The first kappa shape index (κ1) is 14.9. The van der Waals surface area contributed by atoms with E-state index in [9.17, 15) is 0 Å². The standard InChI is InChI=1S/C18H19NO2/c1-13-4-5-14(2)18(15(13)3)21-11-10-20-17-8-6-16(12-19)7-9-17/h4-9H,10-11H2,1-3H3. The molecule has 0 saturated heterocycles. The number of hydrogen-bond donors (Lipinski definition) is 0. The molecule has 3 heteroatoms. The Hall–Kier alpha value is -2.47. The van der Waals surface area contributed by atoms with Gasteiger partial charge in [-0.15, -0.1) is 0 Å². The Morgan fingerprint density at radius 3 is 2.14 bits per heavy atom. The summed E-state index contributed by atoms with van der Waals surface area (Å²) < 4.78 is 11.4. The fraction of sp³-hybridized carbons (Fsp3) is 0.278. The average molecular weight is 281 g/mol. The van der Waals surface area contributed by atoms with Crippen LogP contribution in [0.4, 0.5) is 0 Å². The summed E-state index contributed by atoms with van der Waals surface area (Å²) in [5.74, 6) is 1.69. The summed E-state index contributed by atoms with van der Waals surface area (Å²) in [5.41, 5.74) is 4.16. The molecular weight excluding hydrogens is 262 g/mol. The Kier molecular flexibility index (Phi) is 4.84. The minimum absolute atomic E-state index is 0.471. The summed E-state index contributed by atoms with van der Waals surface area (Å²) in [6, 6.07) is 13.3. The highest BCUT2D eigenvalue weighted by Gasteiger charge is 2.06. The molecule has 108 valence electrons. The average Bonchev–Trinajstić information content (AvgIpc) is 2.51. The molecule has 0 spiro atoms. The Morgan fingerprint density at radius 2 is 1.48 bits per heavy atom. The van der Waals surface area contributed by atoms with Crippen molar-refractivity contribution in [2.24, 2.45) is 0 Å². The summed E-state index contributed by atoms with van der Waals surface area (Å²) in [6.07, 6.45) is 0. The van der Waals surface area contributed by atoms with Gasteiger partial charge in [-0.3, -0.25) is 0 Å². The van der Waals surface area contributed by atoms with Gasteiger partial charge in [-0.05, 0) is 61.7 Å². The Balaban J connectivity index is 1.87. The number of ether oxygens (including phenoxy) is 2. The number of rotatable bonds is 5. The largest absolute Gasteiger partial charge is 0.490 e. The van der Waals surface area contributed by atoms with E-state index in [4.69, 9.17) is 14.7 Å². The maximum atomic E-state index is 8.73. The first-order valence-electron chi connectivity index (χ1n) is 6.94. The summed E-state index contributed by atoms with van der Waals surface area (Å²) in [7, 11) is 0. The highest BCUT2D eigenvalue weighted by molar-refractivity contribution is 5.44. The van der Waals surface area contributed by atoms with Crippen LogP contribution in [0.25, 0.3) is 0 Å². The number of nitrogens with zero attached hydrogens (tertiary/aromatic N) is 1. The van der Waals surface area contributed by atoms with E-state index in [1.54, 1.807) is 24.3 Å². The Bertz CT molecular complexity index is 654. The second kappa shape index (κ2) is 6.81. The Morgan fingerprint density at radius 1 is 0.857 bits per heavy atom. The second-order valence-electron chi connectivity index (χ2n) is 4.99. The van der Waals surface area contributed by atoms with Crippen molar-refractivity contribution in [2.75, 3.05) is 13.2 Å². The van der Waals surface area contributed by atoms with Gasteiger partial charge in [0.25, 0.3) is 0 Å². The second-order valence-corrected chi connectivity index (χ2v) is 4.99. The third kappa shape index (κ3) is 3.76. The lowest BCUT2D eigenvalue weighted by atomic mass is 10.1. The summed E-state index contributed by atoms with van der Waals surface area (Å²) in [5, 5.41) is 8.73. The third-order valence-corrected chi connectivity index (χ3v) is 3.46. The first-order chi connectivity index (χ1) is 10.1. The maximum absolute atomic E-state index is 8.73. The molecule has 0 bridgehead atoms. The molecule has 0 fully saturated rings. The van der Waals surface area contributed by atoms with Crippen molar-refractivity contribution < 1.29 is 9.47 Å². The van der Waals surface area contributed by atoms with E-state index in [2.05, 4.69) is 32.0 Å². The zero-order chi connectivity index (χ0) is 15.2. The molecule has 0 amide bonds. The quantitative estimate of drug-likeness (QED) is 0.779. The van der Waals surface area contributed by atoms with E-state index in [0.717, 1.165) is 17.1 Å². The molecule has 0 aliphatic carbocycles. The van der Waals surface area contributed by atoms with E-state index in [1.807, 2.05) is 6.92 Å². The molecule has 0 aliphatic heterocycles. The van der Waals surface area contributed by atoms with Crippen LogP contribution in [-0.4, -0.2) is 13.2 Å². The molecule has 2 aromatic rings. The minimum Gasteiger partial charge on any atom is -0.490 e. The molecule has 2 rings (SSSR count). The van der Waals surface area contributed by atoms with Crippen molar-refractivity contribution >= 4 is 0 Å². The van der Waals surface area contributed by atoms with E-state index >= 15 is 0 Å². The van der Waals surface area contributed by atoms with Crippen LogP contribution in [0, 0.1) is 32.1 Å². The third-order valence-electron chi connectivity index (χ3n) is 3.46. The molecule has 0 aliphatic rings. The SMILES string of the molecule is Cc1ccc(C)c(OCCOc2ccc(C#N)cc2)c1C. The highest BCUT2D eigenvalue weighted by Crippen LogP contribution is 2.25. The molecule has 0 saturated carbocycles. The van der Waals surface area contributed by atoms with Crippen molar-refractivity contribution in [3.05, 3.63) is 58.7 Å². The topological polar surface area (TPSA) is 42.2 Å². The van der Waals surface area contributed by atoms with Crippen LogP contribution < -0.4 is 9.47 Å². The van der Waals surface area contributed by atoms with Gasteiger partial charge in [0.15, 0.2) is 0 Å². The zero-order valence-electron chi connectivity index (χ0n) is 12.6. The van der Waals surface area contributed by atoms with Crippen LogP contribution in [0.3, 0.4) is 0 Å². The van der Waals surface area contributed by atoms with E-state index in [1.165, 1.54) is 11.1 Å². The lowest BCUT2D eigenvalue weighted by Crippen LogP contribution is -2.10. The van der Waals surface area contributed by atoms with Crippen molar-refractivity contribution in [3.8, 4) is 17.6 Å². The predicted molar refractivity (Wildman–Crippen MR) is 82.8 cm³/mol. The van der Waals surface area contributed by atoms with Crippen LogP contribution in [-0.2, 0) is 0 Å². The summed E-state index contributed by atoms with van der Waals surface area (Å²) >= 11 is 0. The minimum atomic E-state index is 0.471. The Labute approximate surface area is 125 Å². The fourth-order valence-electron chi connectivity index (χ4n) is 2.08. The molecule has 0 N–H and O–H groups in total. The predicted octanol–water partition coefficient (Wildman–Crippen LogP) is 3.94. The summed E-state index contributed by atoms with van der Waals surface area (Å²) in [6.45, 7) is 7.15. The van der Waals surface area contributed by atoms with Gasteiger partial charge in [0.1, 0.15) is 24.7 Å². The van der Waals surface area contributed by atoms with Crippen LogP contribution in [0.1, 0.15) is 22.3 Å². The van der Waals surface area contributed by atoms with Crippen molar-refractivity contribution in [1.29, 1.82) is 5.26 Å². The number of benzene rings is 2. The van der Waals surface area contributed by atoms with E-state index in [0.29, 0.717) is 18.8 Å². The van der Waals surface area contributed by atoms with Crippen molar-refractivity contribution in [3.63, 3.8) is 0 Å². The zero-order valence-corrected chi connectivity index (χ0v) is 12.6. The normalized spacial score (nSPS) is 10.0. The summed E-state index contributed by atoms with van der Waals surface area (Å²) in [4.78, 5) is 0. The molecule has 0 heterocycles. The lowest BCUT2D eigenvalue weighted by Gasteiger charge is -2.14. The van der Waals surface area contributed by atoms with E-state index < -0.39 is 0 Å². The fourth-order valence-corrected chi connectivity index (χ4v) is 2.08.